The van der Waals surface area contributed by atoms with E-state index in [4.69, 9.17) is 0 Å². The Bertz CT molecular complexity index is 133. The van der Waals surface area contributed by atoms with Crippen LogP contribution in [0.25, 0.3) is 0 Å². The van der Waals surface area contributed by atoms with Crippen LogP contribution in [0, 0.1) is 0 Å². The summed E-state index contributed by atoms with van der Waals surface area (Å²) >= 11 is -2.89. The summed E-state index contributed by atoms with van der Waals surface area (Å²) in [6, 6.07) is 0. The van der Waals surface area contributed by atoms with Gasteiger partial charge in [0.2, 0.25) is 0 Å². The molecule has 3 nitrogen and oxygen atoms in total. The van der Waals surface area contributed by atoms with Crippen LogP contribution in [0.5, 0.6) is 0 Å². The Hall–Kier alpha value is 0.0687. The first kappa shape index (κ1) is 10.1. The van der Waals surface area contributed by atoms with E-state index < -0.39 is 26.1 Å². The topological polar surface area (TPSA) is 43.4 Å². The van der Waals surface area contributed by atoms with Gasteiger partial charge in [0.05, 0.1) is 0 Å². The molecule has 10 heavy (non-hydrogen) atoms. The number of carbonyl (C=O) groups excluding carboxylic acids is 1. The monoisotopic (exact) mass is 252 g/mol. The van der Waals surface area contributed by atoms with Crippen molar-refractivity contribution in [2.45, 2.75) is 31.1 Å². The van der Waals surface area contributed by atoms with Crippen LogP contribution >= 0.6 is 0 Å². The second-order valence-electron chi connectivity index (χ2n) is 2.07. The predicted molar refractivity (Wildman–Crippen MR) is 37.9 cm³/mol. The molecule has 0 fully saturated rings. The van der Waals surface area contributed by atoms with Crippen molar-refractivity contribution in [2.24, 2.45) is 0 Å². The molecular weight excluding hydrogens is 239 g/mol. The fraction of sp³-hybridized carbons (Fsp3) is 0.833. The number of carbonyl (C=O) groups is 1. The van der Waals surface area contributed by atoms with E-state index in [1.54, 1.807) is 0 Å². The molecule has 0 aliphatic carbocycles. The molecule has 0 heterocycles. The molecule has 0 unspecified atom stereocenters. The van der Waals surface area contributed by atoms with Crippen LogP contribution in [-0.4, -0.2) is 26.1 Å². The van der Waals surface area contributed by atoms with E-state index in [0.29, 0.717) is 4.44 Å². The van der Waals surface area contributed by atoms with Crippen LogP contribution in [0.2, 0.25) is 4.44 Å². The first-order valence-corrected chi connectivity index (χ1v) is 7.73. The van der Waals surface area contributed by atoms with Gasteiger partial charge in [-0.3, -0.25) is 0 Å². The van der Waals surface area contributed by atoms with Gasteiger partial charge in [-0.2, -0.15) is 0 Å². The molecule has 0 bridgehead atoms. The Kier molecular flexibility index (Phi) is 5.86. The van der Waals surface area contributed by atoms with Gasteiger partial charge in [-0.1, -0.05) is 0 Å². The molecule has 0 rings (SSSR count). The fourth-order valence-corrected chi connectivity index (χ4v) is 3.57. The van der Waals surface area contributed by atoms with Gasteiger partial charge in [0.1, 0.15) is 0 Å². The number of hydrogen-bond donors (Lipinski definition) is 0. The molecule has 0 spiro atoms. The van der Waals surface area contributed by atoms with Crippen molar-refractivity contribution >= 4 is 26.1 Å². The number of unbranched alkanes of at least 4 members (excludes halogenated alkanes) is 1. The molecule has 4 heteroatoms. The Morgan fingerprint density at radius 1 is 1.60 bits per heavy atom. The molecule has 0 amide bonds. The van der Waals surface area contributed by atoms with Crippen LogP contribution in [0.15, 0.2) is 0 Å². The van der Waals surface area contributed by atoms with Gasteiger partial charge < -0.3 is 0 Å². The normalized spacial score (nSPS) is 9.00. The second-order valence-corrected chi connectivity index (χ2v) is 6.20. The maximum atomic E-state index is 10.8. The number of hydrogen-bond acceptors (Lipinski definition) is 3. The summed E-state index contributed by atoms with van der Waals surface area (Å²) in [6.07, 6.45) is 1.92. The first-order chi connectivity index (χ1) is 4.66. The SMILES string of the molecule is CCC[CH2][Sn](=[O])[O]C(C)=O. The van der Waals surface area contributed by atoms with Crippen molar-refractivity contribution in [1.29, 1.82) is 0 Å². The first-order valence-electron chi connectivity index (χ1n) is 3.38. The summed E-state index contributed by atoms with van der Waals surface area (Å²) in [5.41, 5.74) is 0. The molecule has 0 aromatic heterocycles. The van der Waals surface area contributed by atoms with Crippen LogP contribution in [0.1, 0.15) is 26.7 Å². The summed E-state index contributed by atoms with van der Waals surface area (Å²) in [5, 5.41) is 0. The molecule has 0 saturated carbocycles. The molecule has 0 saturated heterocycles. The Morgan fingerprint density at radius 2 is 2.20 bits per heavy atom. The quantitative estimate of drug-likeness (QED) is 0.706. The summed E-state index contributed by atoms with van der Waals surface area (Å²) in [7, 11) is 0. The molecule has 0 atom stereocenters. The second kappa shape index (κ2) is 5.82. The van der Waals surface area contributed by atoms with E-state index in [1.165, 1.54) is 6.92 Å². The molecule has 0 radical (unpaired) electrons. The van der Waals surface area contributed by atoms with E-state index in [-0.39, 0.29) is 0 Å². The predicted octanol–water partition coefficient (Wildman–Crippen LogP) is 1.27. The van der Waals surface area contributed by atoms with Gasteiger partial charge in [-0.15, -0.1) is 0 Å². The molecular formula is C6H12O3Sn. The number of rotatable bonds is 4. The zero-order chi connectivity index (χ0) is 7.98. The van der Waals surface area contributed by atoms with Crippen molar-refractivity contribution in [1.82, 2.24) is 0 Å². The van der Waals surface area contributed by atoms with Gasteiger partial charge in [0.15, 0.2) is 0 Å². The summed E-state index contributed by atoms with van der Waals surface area (Å²) in [4.78, 5) is 10.2. The third kappa shape index (κ3) is 6.19. The third-order valence-corrected chi connectivity index (χ3v) is 4.64. The van der Waals surface area contributed by atoms with E-state index in [2.05, 4.69) is 3.07 Å². The van der Waals surface area contributed by atoms with Crippen molar-refractivity contribution in [3.05, 3.63) is 0 Å². The molecule has 0 N–H and O–H groups in total. The third-order valence-electron chi connectivity index (χ3n) is 0.992. The molecule has 58 valence electrons. The van der Waals surface area contributed by atoms with E-state index in [0.717, 1.165) is 12.8 Å². The van der Waals surface area contributed by atoms with Gasteiger partial charge in [0.25, 0.3) is 0 Å². The molecule has 0 aliphatic rings. The van der Waals surface area contributed by atoms with Gasteiger partial charge in [0, 0.05) is 0 Å². The van der Waals surface area contributed by atoms with Gasteiger partial charge in [-0.25, -0.2) is 0 Å². The Balaban J connectivity index is 3.35. The van der Waals surface area contributed by atoms with Crippen molar-refractivity contribution in [3.63, 3.8) is 0 Å². The van der Waals surface area contributed by atoms with Crippen LogP contribution < -0.4 is 0 Å². The molecule has 0 aromatic rings. The van der Waals surface area contributed by atoms with E-state index in [1.807, 2.05) is 6.92 Å². The van der Waals surface area contributed by atoms with Gasteiger partial charge >= 0.3 is 68.2 Å². The molecule has 0 aromatic carbocycles. The van der Waals surface area contributed by atoms with Crippen LogP contribution in [-0.2, 0) is 10.9 Å². The van der Waals surface area contributed by atoms with Crippen molar-refractivity contribution in [2.75, 3.05) is 0 Å². The van der Waals surface area contributed by atoms with Crippen LogP contribution in [0.3, 0.4) is 0 Å². The minimum atomic E-state index is -2.89. The average Bonchev–Trinajstić information content (AvgIpc) is 1.82. The minimum absolute atomic E-state index is 0.402. The maximum absolute atomic E-state index is 10.8. The van der Waals surface area contributed by atoms with Gasteiger partial charge in [-0.05, 0) is 0 Å². The Morgan fingerprint density at radius 3 is 2.60 bits per heavy atom. The fourth-order valence-electron chi connectivity index (χ4n) is 0.532. The summed E-state index contributed by atoms with van der Waals surface area (Å²) in [5.74, 6) is -0.402. The Labute approximate surface area is 68.4 Å². The summed E-state index contributed by atoms with van der Waals surface area (Å²) < 4.78 is 16.0. The van der Waals surface area contributed by atoms with E-state index >= 15 is 0 Å². The van der Waals surface area contributed by atoms with Crippen molar-refractivity contribution in [3.8, 4) is 0 Å². The zero-order valence-corrected chi connectivity index (χ0v) is 9.20. The summed E-state index contributed by atoms with van der Waals surface area (Å²) in [6.45, 7) is 3.31. The zero-order valence-electron chi connectivity index (χ0n) is 6.35. The van der Waals surface area contributed by atoms with Crippen LogP contribution in [0.4, 0.5) is 0 Å². The van der Waals surface area contributed by atoms with E-state index in [9.17, 15) is 7.87 Å². The average molecular weight is 251 g/mol. The molecule has 0 aliphatic heterocycles. The standard InChI is InChI=1S/C4H9.C2H4O2.O.Sn/c1-3-4-2;1-2(3)4;;/h1,3-4H2,2H3;1H3,(H,3,4);;/q;;;+1/p-1. The van der Waals surface area contributed by atoms with Crippen molar-refractivity contribution < 1.29 is 10.9 Å².